The summed E-state index contributed by atoms with van der Waals surface area (Å²) in [6, 6.07) is 0.398. The molecule has 76 valence electrons. The van der Waals surface area contributed by atoms with E-state index < -0.39 is 0 Å². The topological polar surface area (TPSA) is 41.1 Å². The highest BCUT2D eigenvalue weighted by atomic mass is 32.2. The second-order valence-corrected chi connectivity index (χ2v) is 4.24. The molecule has 2 N–H and O–H groups in total. The summed E-state index contributed by atoms with van der Waals surface area (Å²) in [5.74, 6) is 0.767. The van der Waals surface area contributed by atoms with Gasteiger partial charge in [0.1, 0.15) is 0 Å². The van der Waals surface area contributed by atoms with E-state index in [1.807, 2.05) is 6.26 Å². The Bertz CT molecular complexity index is 156. The van der Waals surface area contributed by atoms with Gasteiger partial charge in [-0.2, -0.15) is 11.8 Å². The van der Waals surface area contributed by atoms with E-state index >= 15 is 0 Å². The SMILES string of the molecule is CSCC(=O)NC1CCCNCC1. The molecule has 0 radical (unpaired) electrons. The smallest absolute Gasteiger partial charge is 0.230 e. The summed E-state index contributed by atoms with van der Waals surface area (Å²) >= 11 is 1.58. The Morgan fingerprint density at radius 2 is 2.38 bits per heavy atom. The van der Waals surface area contributed by atoms with E-state index in [9.17, 15) is 4.79 Å². The quantitative estimate of drug-likeness (QED) is 0.704. The molecule has 1 heterocycles. The molecule has 0 aromatic rings. The molecule has 0 spiro atoms. The number of amides is 1. The van der Waals surface area contributed by atoms with E-state index in [1.54, 1.807) is 11.8 Å². The summed E-state index contributed by atoms with van der Waals surface area (Å²) in [6.45, 7) is 2.12. The van der Waals surface area contributed by atoms with Crippen molar-refractivity contribution in [1.82, 2.24) is 10.6 Å². The zero-order valence-corrected chi connectivity index (χ0v) is 8.95. The third kappa shape index (κ3) is 4.52. The first-order valence-electron chi connectivity index (χ1n) is 4.82. The third-order valence-electron chi connectivity index (χ3n) is 2.22. The Morgan fingerprint density at radius 3 is 3.15 bits per heavy atom. The number of nitrogens with one attached hydrogen (secondary N) is 2. The van der Waals surface area contributed by atoms with E-state index in [1.165, 1.54) is 6.42 Å². The van der Waals surface area contributed by atoms with Crippen LogP contribution in [0.25, 0.3) is 0 Å². The lowest BCUT2D eigenvalue weighted by atomic mass is 10.1. The van der Waals surface area contributed by atoms with Crippen LogP contribution in [0.3, 0.4) is 0 Å². The normalized spacial score (nSPS) is 23.6. The molecule has 1 rings (SSSR count). The highest BCUT2D eigenvalue weighted by Gasteiger charge is 2.13. The summed E-state index contributed by atoms with van der Waals surface area (Å²) in [4.78, 5) is 11.3. The molecule has 1 aliphatic heterocycles. The van der Waals surface area contributed by atoms with E-state index in [-0.39, 0.29) is 5.91 Å². The van der Waals surface area contributed by atoms with Crippen LogP contribution in [0.4, 0.5) is 0 Å². The molecule has 0 saturated carbocycles. The summed E-state index contributed by atoms with van der Waals surface area (Å²) in [5, 5.41) is 6.39. The molecule has 1 aliphatic rings. The zero-order valence-electron chi connectivity index (χ0n) is 8.14. The Labute approximate surface area is 84.0 Å². The van der Waals surface area contributed by atoms with Gasteiger partial charge in [0.25, 0.3) is 0 Å². The van der Waals surface area contributed by atoms with Gasteiger partial charge < -0.3 is 10.6 Å². The largest absolute Gasteiger partial charge is 0.353 e. The summed E-state index contributed by atoms with van der Waals surface area (Å²) < 4.78 is 0. The van der Waals surface area contributed by atoms with Gasteiger partial charge in [-0.1, -0.05) is 0 Å². The number of hydrogen-bond donors (Lipinski definition) is 2. The summed E-state index contributed by atoms with van der Waals surface area (Å²) in [5.41, 5.74) is 0. The van der Waals surface area contributed by atoms with Gasteiger partial charge in [0.2, 0.25) is 5.91 Å². The van der Waals surface area contributed by atoms with Crippen molar-refractivity contribution in [2.75, 3.05) is 25.1 Å². The zero-order chi connectivity index (χ0) is 9.52. The molecule has 1 fully saturated rings. The van der Waals surface area contributed by atoms with Crippen LogP contribution in [0.15, 0.2) is 0 Å². The van der Waals surface area contributed by atoms with Gasteiger partial charge in [0.05, 0.1) is 5.75 Å². The lowest BCUT2D eigenvalue weighted by molar-refractivity contribution is -0.119. The molecule has 4 heteroatoms. The number of carbonyl (C=O) groups excluding carboxylic acids is 1. The first-order valence-corrected chi connectivity index (χ1v) is 6.21. The van der Waals surface area contributed by atoms with Crippen molar-refractivity contribution >= 4 is 17.7 Å². The molecule has 3 nitrogen and oxygen atoms in total. The predicted molar refractivity (Wildman–Crippen MR) is 57.0 cm³/mol. The van der Waals surface area contributed by atoms with Crippen LogP contribution >= 0.6 is 11.8 Å². The molecule has 1 amide bonds. The molecule has 0 bridgehead atoms. The van der Waals surface area contributed by atoms with Crippen molar-refractivity contribution < 1.29 is 4.79 Å². The minimum absolute atomic E-state index is 0.180. The molecular weight excluding hydrogens is 184 g/mol. The van der Waals surface area contributed by atoms with E-state index in [0.29, 0.717) is 11.8 Å². The molecule has 13 heavy (non-hydrogen) atoms. The van der Waals surface area contributed by atoms with E-state index in [2.05, 4.69) is 10.6 Å². The van der Waals surface area contributed by atoms with Gasteiger partial charge in [-0.15, -0.1) is 0 Å². The maximum atomic E-state index is 11.3. The first kappa shape index (κ1) is 10.9. The lowest BCUT2D eigenvalue weighted by Gasteiger charge is -2.15. The van der Waals surface area contributed by atoms with Crippen LogP contribution in [0, 0.1) is 0 Å². The fourth-order valence-corrected chi connectivity index (χ4v) is 1.91. The minimum Gasteiger partial charge on any atom is -0.353 e. The van der Waals surface area contributed by atoms with Crippen LogP contribution in [0.2, 0.25) is 0 Å². The summed E-state index contributed by atoms with van der Waals surface area (Å²) in [7, 11) is 0. The van der Waals surface area contributed by atoms with Crippen molar-refractivity contribution in [2.24, 2.45) is 0 Å². The van der Waals surface area contributed by atoms with Crippen molar-refractivity contribution in [1.29, 1.82) is 0 Å². The van der Waals surface area contributed by atoms with Crippen LogP contribution in [-0.4, -0.2) is 37.0 Å². The van der Waals surface area contributed by atoms with E-state index in [0.717, 1.165) is 25.9 Å². The van der Waals surface area contributed by atoms with Crippen LogP contribution in [-0.2, 0) is 4.79 Å². The van der Waals surface area contributed by atoms with Gasteiger partial charge >= 0.3 is 0 Å². The van der Waals surface area contributed by atoms with Crippen LogP contribution in [0.5, 0.6) is 0 Å². The molecule has 1 atom stereocenters. The second kappa shape index (κ2) is 6.27. The molecule has 0 aliphatic carbocycles. The maximum absolute atomic E-state index is 11.3. The fourth-order valence-electron chi connectivity index (χ4n) is 1.56. The number of carbonyl (C=O) groups is 1. The van der Waals surface area contributed by atoms with Crippen molar-refractivity contribution in [3.8, 4) is 0 Å². The van der Waals surface area contributed by atoms with Crippen molar-refractivity contribution in [2.45, 2.75) is 25.3 Å². The lowest BCUT2D eigenvalue weighted by Crippen LogP contribution is -2.36. The average Bonchev–Trinajstić information content (AvgIpc) is 2.33. The molecule has 1 saturated heterocycles. The van der Waals surface area contributed by atoms with Crippen LogP contribution < -0.4 is 10.6 Å². The second-order valence-electron chi connectivity index (χ2n) is 3.38. The van der Waals surface area contributed by atoms with Gasteiger partial charge in [0, 0.05) is 6.04 Å². The van der Waals surface area contributed by atoms with E-state index in [4.69, 9.17) is 0 Å². The van der Waals surface area contributed by atoms with Gasteiger partial charge in [-0.25, -0.2) is 0 Å². The predicted octanol–water partition coefficient (Wildman–Crippen LogP) is 0.608. The highest BCUT2D eigenvalue weighted by molar-refractivity contribution is 7.99. The Kier molecular flexibility index (Phi) is 5.23. The molecular formula is C9H18N2OS. The number of rotatable bonds is 3. The van der Waals surface area contributed by atoms with Gasteiger partial charge in [-0.05, 0) is 38.6 Å². The Morgan fingerprint density at radius 1 is 1.54 bits per heavy atom. The van der Waals surface area contributed by atoms with Gasteiger partial charge in [0.15, 0.2) is 0 Å². The summed E-state index contributed by atoms with van der Waals surface area (Å²) in [6.07, 6.45) is 5.31. The molecule has 0 aromatic heterocycles. The van der Waals surface area contributed by atoms with Gasteiger partial charge in [-0.3, -0.25) is 4.79 Å². The van der Waals surface area contributed by atoms with Crippen molar-refractivity contribution in [3.05, 3.63) is 0 Å². The third-order valence-corrected chi connectivity index (χ3v) is 2.77. The highest BCUT2D eigenvalue weighted by Crippen LogP contribution is 2.05. The monoisotopic (exact) mass is 202 g/mol. The van der Waals surface area contributed by atoms with Crippen LogP contribution in [0.1, 0.15) is 19.3 Å². The maximum Gasteiger partial charge on any atom is 0.230 e. The Balaban J connectivity index is 2.21. The fraction of sp³-hybridized carbons (Fsp3) is 0.889. The standard InChI is InChI=1S/C9H18N2OS/c1-13-7-9(12)11-8-3-2-5-10-6-4-8/h8,10H,2-7H2,1H3,(H,11,12). The number of hydrogen-bond acceptors (Lipinski definition) is 3. The van der Waals surface area contributed by atoms with Crippen molar-refractivity contribution in [3.63, 3.8) is 0 Å². The Hall–Kier alpha value is -0.220. The average molecular weight is 202 g/mol. The number of thioether (sulfide) groups is 1. The first-order chi connectivity index (χ1) is 6.33. The minimum atomic E-state index is 0.180. The molecule has 0 aromatic carbocycles. The molecule has 1 unspecified atom stereocenters.